The van der Waals surface area contributed by atoms with Crippen LogP contribution in [0.15, 0.2) is 58.8 Å². The molecule has 0 spiro atoms. The molecule has 0 N–H and O–H groups in total. The lowest BCUT2D eigenvalue weighted by atomic mass is 10.2. The molecule has 2 aromatic carbocycles. The van der Waals surface area contributed by atoms with Crippen LogP contribution in [0.25, 0.3) is 11.3 Å². The fourth-order valence-electron chi connectivity index (χ4n) is 3.20. The van der Waals surface area contributed by atoms with Gasteiger partial charge in [-0.3, -0.25) is 0 Å². The van der Waals surface area contributed by atoms with Crippen molar-refractivity contribution >= 4 is 26.5 Å². The Hall–Kier alpha value is -2.49. The number of hydrogen-bond donors (Lipinski definition) is 0. The molecule has 29 heavy (non-hydrogen) atoms. The fraction of sp³-hybridized carbons (Fsp3) is 0.250. The van der Waals surface area contributed by atoms with Crippen molar-refractivity contribution in [1.82, 2.24) is 9.29 Å². The first-order valence-electron chi connectivity index (χ1n) is 9.08. The molecule has 9 heteroatoms. The second-order valence-corrected chi connectivity index (χ2v) is 9.37. The number of methoxy groups -OCH3 is 1. The molecule has 2 heterocycles. The third kappa shape index (κ3) is 4.12. The van der Waals surface area contributed by atoms with E-state index in [0.29, 0.717) is 26.2 Å². The number of aromatic nitrogens is 1. The average molecular weight is 434 g/mol. The summed E-state index contributed by atoms with van der Waals surface area (Å²) in [5.74, 6) is 0.235. The summed E-state index contributed by atoms with van der Waals surface area (Å²) in [5.41, 5.74) is 1.88. The van der Waals surface area contributed by atoms with Crippen LogP contribution in [-0.2, 0) is 10.0 Å². The van der Waals surface area contributed by atoms with Crippen molar-refractivity contribution in [3.8, 4) is 17.0 Å². The van der Waals surface area contributed by atoms with Crippen LogP contribution in [0, 0.1) is 5.82 Å². The van der Waals surface area contributed by atoms with E-state index >= 15 is 0 Å². The Morgan fingerprint density at radius 3 is 2.45 bits per heavy atom. The van der Waals surface area contributed by atoms with Crippen molar-refractivity contribution in [2.75, 3.05) is 38.2 Å². The maximum atomic E-state index is 13.4. The highest BCUT2D eigenvalue weighted by atomic mass is 32.2. The van der Waals surface area contributed by atoms with Crippen molar-refractivity contribution in [2.24, 2.45) is 0 Å². The summed E-state index contributed by atoms with van der Waals surface area (Å²) in [6.45, 7) is 1.72. The van der Waals surface area contributed by atoms with E-state index in [-0.39, 0.29) is 4.90 Å². The molecule has 152 valence electrons. The smallest absolute Gasteiger partial charge is 0.243 e. The molecule has 0 aliphatic carbocycles. The predicted molar refractivity (Wildman–Crippen MR) is 111 cm³/mol. The van der Waals surface area contributed by atoms with Gasteiger partial charge < -0.3 is 9.64 Å². The number of ether oxygens (including phenoxy) is 1. The standard InChI is InChI=1S/C20H20FN3O3S2/c1-27-17-7-5-15(6-8-17)19-14-28-20(22-19)23-9-11-24(12-10-23)29(25,26)18-4-2-3-16(21)13-18/h2-8,13-14H,9-12H2,1H3. The monoisotopic (exact) mass is 433 g/mol. The number of benzene rings is 2. The summed E-state index contributed by atoms with van der Waals surface area (Å²) in [7, 11) is -2.07. The molecule has 1 aliphatic heterocycles. The van der Waals surface area contributed by atoms with Crippen LogP contribution in [-0.4, -0.2) is 51.0 Å². The van der Waals surface area contributed by atoms with Crippen molar-refractivity contribution in [1.29, 1.82) is 0 Å². The molecule has 0 unspecified atom stereocenters. The Balaban J connectivity index is 1.44. The van der Waals surface area contributed by atoms with Gasteiger partial charge in [0, 0.05) is 37.1 Å². The molecule has 1 saturated heterocycles. The van der Waals surface area contributed by atoms with E-state index in [0.717, 1.165) is 28.2 Å². The first-order chi connectivity index (χ1) is 14.0. The number of nitrogens with zero attached hydrogens (tertiary/aromatic N) is 3. The van der Waals surface area contributed by atoms with E-state index < -0.39 is 15.8 Å². The third-order valence-corrected chi connectivity index (χ3v) is 7.62. The third-order valence-electron chi connectivity index (χ3n) is 4.82. The Morgan fingerprint density at radius 1 is 1.07 bits per heavy atom. The van der Waals surface area contributed by atoms with Gasteiger partial charge in [0.05, 0.1) is 17.7 Å². The number of piperazine rings is 1. The number of halogens is 1. The van der Waals surface area contributed by atoms with Crippen molar-refractivity contribution in [3.63, 3.8) is 0 Å². The van der Waals surface area contributed by atoms with Gasteiger partial charge in [-0.05, 0) is 42.5 Å². The highest BCUT2D eigenvalue weighted by molar-refractivity contribution is 7.89. The van der Waals surface area contributed by atoms with Gasteiger partial charge in [0.2, 0.25) is 10.0 Å². The molecule has 0 amide bonds. The Bertz CT molecular complexity index is 1090. The van der Waals surface area contributed by atoms with Crippen LogP contribution in [0.5, 0.6) is 5.75 Å². The van der Waals surface area contributed by atoms with Gasteiger partial charge in [-0.1, -0.05) is 6.07 Å². The summed E-state index contributed by atoms with van der Waals surface area (Å²) in [4.78, 5) is 6.77. The van der Waals surface area contributed by atoms with E-state index in [9.17, 15) is 12.8 Å². The number of sulfonamides is 1. The van der Waals surface area contributed by atoms with Gasteiger partial charge in [0.1, 0.15) is 11.6 Å². The van der Waals surface area contributed by atoms with Gasteiger partial charge in [-0.25, -0.2) is 17.8 Å². The van der Waals surface area contributed by atoms with Crippen LogP contribution in [0.3, 0.4) is 0 Å². The lowest BCUT2D eigenvalue weighted by Crippen LogP contribution is -2.48. The summed E-state index contributed by atoms with van der Waals surface area (Å²) < 4.78 is 45.5. The minimum atomic E-state index is -3.70. The summed E-state index contributed by atoms with van der Waals surface area (Å²) in [5, 5.41) is 2.85. The first kappa shape index (κ1) is 19.8. The van der Waals surface area contributed by atoms with Crippen LogP contribution in [0.1, 0.15) is 0 Å². The van der Waals surface area contributed by atoms with Gasteiger partial charge in [0.25, 0.3) is 0 Å². The summed E-state index contributed by atoms with van der Waals surface area (Å²) in [6.07, 6.45) is 0. The van der Waals surface area contributed by atoms with Crippen molar-refractivity contribution < 1.29 is 17.5 Å². The molecule has 1 aliphatic rings. The van der Waals surface area contributed by atoms with Gasteiger partial charge in [0.15, 0.2) is 5.13 Å². The SMILES string of the molecule is COc1ccc(-c2csc(N3CCN(S(=O)(=O)c4cccc(F)c4)CC3)n2)cc1. The quantitative estimate of drug-likeness (QED) is 0.617. The van der Waals surface area contributed by atoms with E-state index in [1.54, 1.807) is 7.11 Å². The molecule has 1 fully saturated rings. The van der Waals surface area contributed by atoms with Crippen molar-refractivity contribution in [2.45, 2.75) is 4.90 Å². The molecule has 0 bridgehead atoms. The number of rotatable bonds is 5. The highest BCUT2D eigenvalue weighted by Gasteiger charge is 2.29. The topological polar surface area (TPSA) is 62.7 Å². The zero-order valence-electron chi connectivity index (χ0n) is 15.8. The van der Waals surface area contributed by atoms with E-state index in [2.05, 4.69) is 4.90 Å². The van der Waals surface area contributed by atoms with Crippen LogP contribution < -0.4 is 9.64 Å². The zero-order chi connectivity index (χ0) is 20.4. The molecule has 6 nitrogen and oxygen atoms in total. The summed E-state index contributed by atoms with van der Waals surface area (Å²) >= 11 is 1.53. The van der Waals surface area contributed by atoms with Gasteiger partial charge in [-0.2, -0.15) is 4.31 Å². The maximum Gasteiger partial charge on any atom is 0.243 e. The van der Waals surface area contributed by atoms with Crippen LogP contribution >= 0.6 is 11.3 Å². The van der Waals surface area contributed by atoms with Gasteiger partial charge in [-0.15, -0.1) is 11.3 Å². The molecule has 4 rings (SSSR count). The molecule has 1 aromatic heterocycles. The number of hydrogen-bond acceptors (Lipinski definition) is 6. The predicted octanol–water partition coefficient (Wildman–Crippen LogP) is 3.47. The molecular formula is C20H20FN3O3S2. The normalized spacial score (nSPS) is 15.4. The molecule has 0 atom stereocenters. The number of thiazole rings is 1. The maximum absolute atomic E-state index is 13.4. The van der Waals surface area contributed by atoms with E-state index in [1.165, 1.54) is 33.8 Å². The Labute approximate surface area is 173 Å². The van der Waals surface area contributed by atoms with Crippen LogP contribution in [0.4, 0.5) is 9.52 Å². The fourth-order valence-corrected chi connectivity index (χ4v) is 5.54. The summed E-state index contributed by atoms with van der Waals surface area (Å²) in [6, 6.07) is 12.8. The minimum Gasteiger partial charge on any atom is -0.497 e. The largest absolute Gasteiger partial charge is 0.497 e. The molecular weight excluding hydrogens is 413 g/mol. The van der Waals surface area contributed by atoms with Crippen molar-refractivity contribution in [3.05, 3.63) is 59.7 Å². The lowest BCUT2D eigenvalue weighted by molar-refractivity contribution is 0.384. The highest BCUT2D eigenvalue weighted by Crippen LogP contribution is 2.29. The molecule has 0 radical (unpaired) electrons. The van der Waals surface area contributed by atoms with Crippen LogP contribution in [0.2, 0.25) is 0 Å². The first-order valence-corrected chi connectivity index (χ1v) is 11.4. The second kappa shape index (κ2) is 8.10. The van der Waals surface area contributed by atoms with E-state index in [1.807, 2.05) is 29.6 Å². The Kier molecular flexibility index (Phi) is 5.53. The lowest BCUT2D eigenvalue weighted by Gasteiger charge is -2.33. The molecule has 0 saturated carbocycles. The molecule has 3 aromatic rings. The minimum absolute atomic E-state index is 0.0120. The van der Waals surface area contributed by atoms with Gasteiger partial charge >= 0.3 is 0 Å². The Morgan fingerprint density at radius 2 is 1.79 bits per heavy atom. The second-order valence-electron chi connectivity index (χ2n) is 6.59. The zero-order valence-corrected chi connectivity index (χ0v) is 17.4. The average Bonchev–Trinajstić information content (AvgIpc) is 3.24. The van der Waals surface area contributed by atoms with E-state index in [4.69, 9.17) is 9.72 Å². The number of anilines is 1.